The molecule has 2 rings (SSSR count). The second-order valence-electron chi connectivity index (χ2n) is 5.59. The molecule has 19 heavy (non-hydrogen) atoms. The van der Waals surface area contributed by atoms with E-state index >= 15 is 0 Å². The molecule has 3 N–H and O–H groups in total. The zero-order chi connectivity index (χ0) is 13.9. The standard InChI is InChI=1S/C13H22N2O4/c1-13(12(17)18)5-3-2-4-10(13)15-11(16)9-8-14-6-7-19-9/h9-10,14H,2-8H2,1H3,(H,15,16)(H,17,18). The van der Waals surface area contributed by atoms with Crippen LogP contribution >= 0.6 is 0 Å². The second-order valence-corrected chi connectivity index (χ2v) is 5.59. The van der Waals surface area contributed by atoms with Crippen molar-refractivity contribution in [3.05, 3.63) is 0 Å². The molecule has 1 amide bonds. The third kappa shape index (κ3) is 3.06. The first-order valence-corrected chi connectivity index (χ1v) is 6.90. The maximum atomic E-state index is 12.1. The van der Waals surface area contributed by atoms with Gasteiger partial charge in [-0.3, -0.25) is 9.59 Å². The van der Waals surface area contributed by atoms with Crippen LogP contribution < -0.4 is 10.6 Å². The SMILES string of the molecule is CC1(C(=O)O)CCCCC1NC(=O)C1CNCCO1. The van der Waals surface area contributed by atoms with Gasteiger partial charge in [0.2, 0.25) is 0 Å². The van der Waals surface area contributed by atoms with Gasteiger partial charge in [0.15, 0.2) is 0 Å². The van der Waals surface area contributed by atoms with E-state index in [0.717, 1.165) is 19.4 Å². The minimum Gasteiger partial charge on any atom is -0.481 e. The number of carboxylic acid groups (broad SMARTS) is 1. The van der Waals surface area contributed by atoms with Crippen molar-refractivity contribution in [3.63, 3.8) is 0 Å². The molecule has 2 aliphatic rings. The number of aliphatic carboxylic acids is 1. The van der Waals surface area contributed by atoms with Crippen LogP contribution in [0.1, 0.15) is 32.6 Å². The Morgan fingerprint density at radius 1 is 1.42 bits per heavy atom. The Balaban J connectivity index is 1.99. The van der Waals surface area contributed by atoms with E-state index in [4.69, 9.17) is 4.74 Å². The van der Waals surface area contributed by atoms with Crippen LogP contribution in [0.5, 0.6) is 0 Å². The van der Waals surface area contributed by atoms with E-state index in [1.807, 2.05) is 0 Å². The number of hydrogen-bond donors (Lipinski definition) is 3. The van der Waals surface area contributed by atoms with Gasteiger partial charge in [-0.1, -0.05) is 12.8 Å². The van der Waals surface area contributed by atoms with Gasteiger partial charge >= 0.3 is 5.97 Å². The Labute approximate surface area is 112 Å². The fourth-order valence-corrected chi connectivity index (χ4v) is 2.82. The van der Waals surface area contributed by atoms with E-state index in [-0.39, 0.29) is 11.9 Å². The van der Waals surface area contributed by atoms with E-state index in [9.17, 15) is 14.7 Å². The number of carbonyl (C=O) groups excluding carboxylic acids is 1. The molecule has 1 heterocycles. The number of ether oxygens (including phenoxy) is 1. The molecule has 0 aromatic rings. The molecule has 0 radical (unpaired) electrons. The molecule has 0 aromatic heterocycles. The molecule has 3 atom stereocenters. The van der Waals surface area contributed by atoms with Crippen LogP contribution in [0.25, 0.3) is 0 Å². The van der Waals surface area contributed by atoms with E-state index in [2.05, 4.69) is 10.6 Å². The molecule has 108 valence electrons. The smallest absolute Gasteiger partial charge is 0.311 e. The van der Waals surface area contributed by atoms with Crippen LogP contribution in [0.15, 0.2) is 0 Å². The van der Waals surface area contributed by atoms with Gasteiger partial charge in [-0.05, 0) is 19.8 Å². The van der Waals surface area contributed by atoms with Crippen molar-refractivity contribution in [3.8, 4) is 0 Å². The second kappa shape index (κ2) is 5.88. The number of hydrogen-bond acceptors (Lipinski definition) is 4. The highest BCUT2D eigenvalue weighted by atomic mass is 16.5. The molecule has 0 bridgehead atoms. The van der Waals surface area contributed by atoms with Gasteiger partial charge in [0, 0.05) is 19.1 Å². The maximum Gasteiger partial charge on any atom is 0.311 e. The summed E-state index contributed by atoms with van der Waals surface area (Å²) in [6.45, 7) is 3.47. The third-order valence-corrected chi connectivity index (χ3v) is 4.23. The molecule has 6 nitrogen and oxygen atoms in total. The van der Waals surface area contributed by atoms with Gasteiger partial charge in [0.05, 0.1) is 12.0 Å². The van der Waals surface area contributed by atoms with Crippen molar-refractivity contribution < 1.29 is 19.4 Å². The fourth-order valence-electron chi connectivity index (χ4n) is 2.82. The highest BCUT2D eigenvalue weighted by Gasteiger charge is 2.44. The first-order valence-electron chi connectivity index (χ1n) is 6.90. The third-order valence-electron chi connectivity index (χ3n) is 4.23. The van der Waals surface area contributed by atoms with Crippen molar-refractivity contribution in [1.29, 1.82) is 0 Å². The Kier molecular flexibility index (Phi) is 4.42. The van der Waals surface area contributed by atoms with Crippen LogP contribution in [0, 0.1) is 5.41 Å². The number of amides is 1. The Bertz CT molecular complexity index is 355. The lowest BCUT2D eigenvalue weighted by atomic mass is 9.71. The molecule has 1 aliphatic heterocycles. The van der Waals surface area contributed by atoms with Crippen LogP contribution in [-0.2, 0) is 14.3 Å². The van der Waals surface area contributed by atoms with Crippen LogP contribution in [-0.4, -0.2) is 48.8 Å². The summed E-state index contributed by atoms with van der Waals surface area (Å²) < 4.78 is 5.39. The summed E-state index contributed by atoms with van der Waals surface area (Å²) in [5.41, 5.74) is -0.865. The molecule has 2 fully saturated rings. The van der Waals surface area contributed by atoms with Gasteiger partial charge in [0.1, 0.15) is 6.10 Å². The Morgan fingerprint density at radius 2 is 2.21 bits per heavy atom. The monoisotopic (exact) mass is 270 g/mol. The quantitative estimate of drug-likeness (QED) is 0.678. The zero-order valence-corrected chi connectivity index (χ0v) is 11.3. The van der Waals surface area contributed by atoms with E-state index < -0.39 is 17.5 Å². The molecule has 0 spiro atoms. The van der Waals surface area contributed by atoms with E-state index in [1.165, 1.54) is 0 Å². The first-order chi connectivity index (χ1) is 9.04. The fraction of sp³-hybridized carbons (Fsp3) is 0.846. The largest absolute Gasteiger partial charge is 0.481 e. The summed E-state index contributed by atoms with van der Waals surface area (Å²) in [5.74, 6) is -1.04. The molecule has 3 unspecified atom stereocenters. The highest BCUT2D eigenvalue weighted by Crippen LogP contribution is 2.36. The predicted octanol–water partition coefficient (Wildman–Crippen LogP) is 0.125. The van der Waals surface area contributed by atoms with Crippen LogP contribution in [0.4, 0.5) is 0 Å². The van der Waals surface area contributed by atoms with Gasteiger partial charge in [-0.15, -0.1) is 0 Å². The lowest BCUT2D eigenvalue weighted by Gasteiger charge is -2.39. The molecular weight excluding hydrogens is 248 g/mol. The average Bonchev–Trinajstić information content (AvgIpc) is 2.42. The topological polar surface area (TPSA) is 87.7 Å². The van der Waals surface area contributed by atoms with Crippen molar-refractivity contribution in [2.75, 3.05) is 19.7 Å². The number of morpholine rings is 1. The van der Waals surface area contributed by atoms with Crippen molar-refractivity contribution in [2.24, 2.45) is 5.41 Å². The van der Waals surface area contributed by atoms with Crippen molar-refractivity contribution >= 4 is 11.9 Å². The number of rotatable bonds is 3. The summed E-state index contributed by atoms with van der Waals surface area (Å²) in [5, 5.41) is 15.4. The summed E-state index contributed by atoms with van der Waals surface area (Å²) >= 11 is 0. The van der Waals surface area contributed by atoms with E-state index in [1.54, 1.807) is 6.92 Å². The normalized spacial score (nSPS) is 35.6. The molecule has 6 heteroatoms. The molecular formula is C13H22N2O4. The first kappa shape index (κ1) is 14.3. The minimum absolute atomic E-state index is 0.202. The molecule has 1 saturated heterocycles. The van der Waals surface area contributed by atoms with Crippen molar-refractivity contribution in [2.45, 2.75) is 44.8 Å². The van der Waals surface area contributed by atoms with E-state index in [0.29, 0.717) is 26.0 Å². The van der Waals surface area contributed by atoms with Crippen LogP contribution in [0.3, 0.4) is 0 Å². The number of carbonyl (C=O) groups is 2. The highest BCUT2D eigenvalue weighted by molar-refractivity contribution is 5.83. The van der Waals surface area contributed by atoms with Gasteiger partial charge < -0.3 is 20.5 Å². The maximum absolute atomic E-state index is 12.1. The van der Waals surface area contributed by atoms with Gasteiger partial charge in [-0.25, -0.2) is 0 Å². The minimum atomic E-state index is -0.865. The van der Waals surface area contributed by atoms with Gasteiger partial charge in [0.25, 0.3) is 5.91 Å². The zero-order valence-electron chi connectivity index (χ0n) is 11.3. The number of nitrogens with one attached hydrogen (secondary N) is 2. The molecule has 1 saturated carbocycles. The van der Waals surface area contributed by atoms with Crippen molar-refractivity contribution in [1.82, 2.24) is 10.6 Å². The Morgan fingerprint density at radius 3 is 2.84 bits per heavy atom. The van der Waals surface area contributed by atoms with Crippen LogP contribution in [0.2, 0.25) is 0 Å². The summed E-state index contributed by atoms with van der Waals surface area (Å²) in [6, 6.07) is -0.309. The van der Waals surface area contributed by atoms with Gasteiger partial charge in [-0.2, -0.15) is 0 Å². The Hall–Kier alpha value is -1.14. The molecule has 1 aliphatic carbocycles. The number of carboxylic acids is 1. The summed E-state index contributed by atoms with van der Waals surface area (Å²) in [7, 11) is 0. The lowest BCUT2D eigenvalue weighted by Crippen LogP contribution is -2.56. The summed E-state index contributed by atoms with van der Waals surface area (Å²) in [4.78, 5) is 23.6. The summed E-state index contributed by atoms with van der Waals surface area (Å²) in [6.07, 6.45) is 2.67. The molecule has 0 aromatic carbocycles. The lowest BCUT2D eigenvalue weighted by molar-refractivity contribution is -0.153. The average molecular weight is 270 g/mol. The predicted molar refractivity (Wildman–Crippen MR) is 68.8 cm³/mol.